The molecule has 0 saturated carbocycles. The number of halogens is 2. The molecule has 1 saturated heterocycles. The number of benzene rings is 3. The van der Waals surface area contributed by atoms with Gasteiger partial charge >= 0.3 is 0 Å². The molecule has 1 N–H and O–H groups in total. The van der Waals surface area contributed by atoms with Crippen molar-refractivity contribution in [1.82, 2.24) is 0 Å². The Morgan fingerprint density at radius 3 is 2.62 bits per heavy atom. The number of anilines is 3. The number of hydrogen-bond donors (Lipinski definition) is 1. The molecular weight excluding hydrogens is 460 g/mol. The van der Waals surface area contributed by atoms with Crippen LogP contribution in [0.25, 0.3) is 0 Å². The van der Waals surface area contributed by atoms with Crippen LogP contribution in [0, 0.1) is 18.6 Å². The van der Waals surface area contributed by atoms with Crippen molar-refractivity contribution in [2.45, 2.75) is 11.8 Å². The first-order valence-corrected chi connectivity index (χ1v) is 11.5. The Balaban J connectivity index is 1.56. The summed E-state index contributed by atoms with van der Waals surface area (Å²) >= 11 is 1.14. The van der Waals surface area contributed by atoms with E-state index in [4.69, 9.17) is 0 Å². The minimum Gasteiger partial charge on any atom is -0.322 e. The second-order valence-electron chi connectivity index (χ2n) is 8.08. The topological polar surface area (TPSA) is 69.7 Å². The van der Waals surface area contributed by atoms with Gasteiger partial charge in [0.15, 0.2) is 0 Å². The quantitative estimate of drug-likeness (QED) is 0.609. The monoisotopic (exact) mass is 479 g/mol. The average molecular weight is 480 g/mol. The summed E-state index contributed by atoms with van der Waals surface area (Å²) < 4.78 is 28.1. The van der Waals surface area contributed by atoms with E-state index in [9.17, 15) is 23.2 Å². The van der Waals surface area contributed by atoms with Crippen LogP contribution in [0.1, 0.15) is 11.1 Å². The minimum atomic E-state index is -1.47. The highest BCUT2D eigenvalue weighted by Crippen LogP contribution is 2.55. The summed E-state index contributed by atoms with van der Waals surface area (Å²) in [5, 5.41) is 2.49. The third kappa shape index (κ3) is 3.43. The molecule has 1 spiro atoms. The fraction of sp³-hybridized carbons (Fsp3) is 0.160. The zero-order chi connectivity index (χ0) is 24.0. The molecule has 2 aliphatic rings. The Bertz CT molecular complexity index is 1350. The number of carbonyl (C=O) groups excluding carboxylic acids is 3. The van der Waals surface area contributed by atoms with Crippen molar-refractivity contribution in [3.63, 3.8) is 0 Å². The zero-order valence-corrected chi connectivity index (χ0v) is 18.9. The van der Waals surface area contributed by atoms with Crippen LogP contribution in [0.3, 0.4) is 0 Å². The Hall–Kier alpha value is -3.72. The maximum absolute atomic E-state index is 14.0. The van der Waals surface area contributed by atoms with Crippen LogP contribution < -0.4 is 15.1 Å². The first-order valence-electron chi connectivity index (χ1n) is 10.5. The van der Waals surface area contributed by atoms with E-state index in [1.165, 1.54) is 46.2 Å². The Labute approximate surface area is 198 Å². The first kappa shape index (κ1) is 22.1. The summed E-state index contributed by atoms with van der Waals surface area (Å²) in [6, 6.07) is 16.6. The highest BCUT2D eigenvalue weighted by Gasteiger charge is 2.61. The molecule has 0 unspecified atom stereocenters. The van der Waals surface area contributed by atoms with Gasteiger partial charge in [-0.1, -0.05) is 35.9 Å². The van der Waals surface area contributed by atoms with Gasteiger partial charge in [0.25, 0.3) is 5.91 Å². The standard InChI is InChI=1S/C25H19F2N3O3S/c1-15-9-10-21-18(11-15)25(30(23(32)14-34-25)17-6-4-5-16(26)12-17)24(33)29(21)13-22(31)28-20-8-3-2-7-19(20)27/h2-12H,13-14H2,1H3,(H,28,31)/t25-/m1/s1. The third-order valence-corrected chi connectivity index (χ3v) is 7.21. The molecule has 172 valence electrons. The summed E-state index contributed by atoms with van der Waals surface area (Å²) in [6.07, 6.45) is 0. The number of rotatable bonds is 4. The van der Waals surface area contributed by atoms with Gasteiger partial charge in [0.1, 0.15) is 18.2 Å². The van der Waals surface area contributed by atoms with Gasteiger partial charge in [-0.25, -0.2) is 8.78 Å². The van der Waals surface area contributed by atoms with Crippen LogP contribution in [0.2, 0.25) is 0 Å². The van der Waals surface area contributed by atoms with Gasteiger partial charge in [-0.15, -0.1) is 11.8 Å². The van der Waals surface area contributed by atoms with Crippen molar-refractivity contribution in [3.8, 4) is 0 Å². The summed E-state index contributed by atoms with van der Waals surface area (Å²) in [7, 11) is 0. The van der Waals surface area contributed by atoms with Crippen molar-refractivity contribution in [2.24, 2.45) is 0 Å². The lowest BCUT2D eigenvalue weighted by molar-refractivity contribution is -0.124. The molecular formula is C25H19F2N3O3S. The fourth-order valence-corrected chi connectivity index (χ4v) is 5.74. The Kier molecular flexibility index (Phi) is 5.36. The lowest BCUT2D eigenvalue weighted by atomic mass is 10.0. The van der Waals surface area contributed by atoms with Gasteiger partial charge < -0.3 is 5.32 Å². The molecule has 0 aliphatic carbocycles. The molecule has 6 nitrogen and oxygen atoms in total. The van der Waals surface area contributed by atoms with Crippen molar-refractivity contribution >= 4 is 46.5 Å². The Morgan fingerprint density at radius 1 is 1.06 bits per heavy atom. The van der Waals surface area contributed by atoms with Gasteiger partial charge in [-0.3, -0.25) is 24.2 Å². The third-order valence-electron chi connectivity index (χ3n) is 5.83. The maximum atomic E-state index is 14.0. The van der Waals surface area contributed by atoms with Crippen molar-refractivity contribution in [2.75, 3.05) is 27.4 Å². The number of amides is 3. The second kappa shape index (κ2) is 8.25. The normalized spacial score (nSPS) is 19.1. The molecule has 5 rings (SSSR count). The zero-order valence-electron chi connectivity index (χ0n) is 18.0. The van der Waals surface area contributed by atoms with E-state index < -0.39 is 28.3 Å². The number of hydrogen-bond acceptors (Lipinski definition) is 4. The number of para-hydroxylation sites is 1. The summed E-state index contributed by atoms with van der Waals surface area (Å²) in [6.45, 7) is 1.48. The molecule has 34 heavy (non-hydrogen) atoms. The molecule has 2 aliphatic heterocycles. The van der Waals surface area contributed by atoms with E-state index in [0.29, 0.717) is 11.3 Å². The SMILES string of the molecule is Cc1ccc2c(c1)[C@@]1(SCC(=O)N1c1cccc(F)c1)C(=O)N2CC(=O)Nc1ccccc1F. The van der Waals surface area contributed by atoms with Crippen molar-refractivity contribution in [1.29, 1.82) is 0 Å². The number of thioether (sulfide) groups is 1. The number of aryl methyl sites for hydroxylation is 1. The molecule has 0 aromatic heterocycles. The largest absolute Gasteiger partial charge is 0.322 e. The molecule has 2 heterocycles. The number of nitrogens with zero attached hydrogens (tertiary/aromatic N) is 2. The summed E-state index contributed by atoms with van der Waals surface area (Å²) in [5.74, 6) is -2.52. The summed E-state index contributed by atoms with van der Waals surface area (Å²) in [4.78, 5) is 40.9. The van der Waals surface area contributed by atoms with Crippen LogP contribution in [0.5, 0.6) is 0 Å². The minimum absolute atomic E-state index is 0.00444. The van der Waals surface area contributed by atoms with Crippen LogP contribution in [-0.2, 0) is 19.3 Å². The lowest BCUT2D eigenvalue weighted by Gasteiger charge is -2.33. The van der Waals surface area contributed by atoms with Gasteiger partial charge in [-0.2, -0.15) is 0 Å². The molecule has 0 radical (unpaired) electrons. The highest BCUT2D eigenvalue weighted by molar-refractivity contribution is 8.02. The predicted molar refractivity (Wildman–Crippen MR) is 127 cm³/mol. The molecule has 3 aromatic rings. The van der Waals surface area contributed by atoms with E-state index in [1.54, 1.807) is 30.3 Å². The van der Waals surface area contributed by atoms with Gasteiger partial charge in [0.2, 0.25) is 16.7 Å². The number of fused-ring (bicyclic) bond motifs is 2. The van der Waals surface area contributed by atoms with E-state index in [1.807, 2.05) is 6.92 Å². The van der Waals surface area contributed by atoms with E-state index in [2.05, 4.69) is 5.32 Å². The molecule has 1 fully saturated rings. The second-order valence-corrected chi connectivity index (χ2v) is 9.25. The summed E-state index contributed by atoms with van der Waals surface area (Å²) in [5.41, 5.74) is 2.15. The predicted octanol–water partition coefficient (Wildman–Crippen LogP) is 4.19. The average Bonchev–Trinajstić information content (AvgIpc) is 3.26. The molecule has 0 bridgehead atoms. The number of nitrogens with one attached hydrogen (secondary N) is 1. The van der Waals surface area contributed by atoms with E-state index >= 15 is 0 Å². The molecule has 1 atom stereocenters. The molecule has 3 aromatic carbocycles. The Morgan fingerprint density at radius 2 is 1.85 bits per heavy atom. The van der Waals surface area contributed by atoms with E-state index in [0.717, 1.165) is 17.3 Å². The van der Waals surface area contributed by atoms with Crippen molar-refractivity contribution < 1.29 is 23.2 Å². The van der Waals surface area contributed by atoms with Gasteiger partial charge in [-0.05, 0) is 43.3 Å². The van der Waals surface area contributed by atoms with Crippen LogP contribution in [0.4, 0.5) is 25.8 Å². The number of carbonyl (C=O) groups is 3. The molecule has 9 heteroatoms. The van der Waals surface area contributed by atoms with Gasteiger partial charge in [0.05, 0.1) is 17.1 Å². The van der Waals surface area contributed by atoms with Crippen LogP contribution in [0.15, 0.2) is 66.7 Å². The van der Waals surface area contributed by atoms with Crippen LogP contribution >= 0.6 is 11.8 Å². The van der Waals surface area contributed by atoms with E-state index in [-0.39, 0.29) is 29.6 Å². The smallest absolute Gasteiger partial charge is 0.269 e. The molecule has 3 amide bonds. The fourth-order valence-electron chi connectivity index (χ4n) is 4.38. The lowest BCUT2D eigenvalue weighted by Crippen LogP contribution is -2.51. The highest BCUT2D eigenvalue weighted by atomic mass is 32.2. The first-order chi connectivity index (χ1) is 16.3. The van der Waals surface area contributed by atoms with Gasteiger partial charge in [0, 0.05) is 11.3 Å². The van der Waals surface area contributed by atoms with Crippen LogP contribution in [-0.4, -0.2) is 30.0 Å². The maximum Gasteiger partial charge on any atom is 0.269 e. The van der Waals surface area contributed by atoms with Crippen molar-refractivity contribution in [3.05, 3.63) is 89.5 Å².